The predicted octanol–water partition coefficient (Wildman–Crippen LogP) is 5.32. The number of benzene rings is 3. The quantitative estimate of drug-likeness (QED) is 0.429. The predicted molar refractivity (Wildman–Crippen MR) is 124 cm³/mol. The summed E-state index contributed by atoms with van der Waals surface area (Å²) in [5, 5.41) is 3.55. The van der Waals surface area contributed by atoms with Gasteiger partial charge in [0.15, 0.2) is 0 Å². The van der Waals surface area contributed by atoms with E-state index in [1.165, 1.54) is 11.1 Å². The molecule has 1 amide bonds. The molecule has 0 aliphatic rings. The fourth-order valence-electron chi connectivity index (χ4n) is 3.43. The number of fused-ring (bicyclic) bond motifs is 1. The Morgan fingerprint density at radius 1 is 1.03 bits per heavy atom. The van der Waals surface area contributed by atoms with Crippen LogP contribution in [0.3, 0.4) is 0 Å². The second-order valence-corrected chi connectivity index (χ2v) is 7.89. The van der Waals surface area contributed by atoms with Gasteiger partial charge in [0.25, 0.3) is 5.91 Å². The van der Waals surface area contributed by atoms with Crippen LogP contribution in [0.15, 0.2) is 66.7 Å². The molecule has 31 heavy (non-hydrogen) atoms. The van der Waals surface area contributed by atoms with Crippen LogP contribution in [0.4, 0.5) is 0 Å². The summed E-state index contributed by atoms with van der Waals surface area (Å²) in [6.07, 6.45) is 0. The van der Waals surface area contributed by atoms with Crippen LogP contribution in [0.2, 0.25) is 5.02 Å². The Morgan fingerprint density at radius 3 is 2.58 bits per heavy atom. The molecule has 5 nitrogen and oxygen atoms in total. The van der Waals surface area contributed by atoms with E-state index in [0.717, 1.165) is 22.6 Å². The summed E-state index contributed by atoms with van der Waals surface area (Å²) in [5.74, 6) is 1.47. The summed E-state index contributed by atoms with van der Waals surface area (Å²) in [7, 11) is 0. The Bertz CT molecular complexity index is 1220. The third-order valence-corrected chi connectivity index (χ3v) is 5.56. The first-order chi connectivity index (χ1) is 15.0. The van der Waals surface area contributed by atoms with E-state index in [2.05, 4.69) is 35.9 Å². The first-order valence-corrected chi connectivity index (χ1v) is 10.6. The van der Waals surface area contributed by atoms with E-state index in [9.17, 15) is 4.79 Å². The van der Waals surface area contributed by atoms with Crippen molar-refractivity contribution in [3.8, 4) is 5.75 Å². The summed E-state index contributed by atoms with van der Waals surface area (Å²) < 4.78 is 8.07. The van der Waals surface area contributed by atoms with Crippen molar-refractivity contribution < 1.29 is 9.53 Å². The highest BCUT2D eigenvalue weighted by Crippen LogP contribution is 2.19. The maximum Gasteiger partial charge on any atom is 0.251 e. The van der Waals surface area contributed by atoms with Gasteiger partial charge in [0, 0.05) is 10.6 Å². The highest BCUT2D eigenvalue weighted by molar-refractivity contribution is 6.30. The summed E-state index contributed by atoms with van der Waals surface area (Å²) in [6, 6.07) is 20.9. The molecule has 0 spiro atoms. The molecule has 0 unspecified atom stereocenters. The molecule has 0 aliphatic carbocycles. The molecule has 4 aromatic rings. The zero-order chi connectivity index (χ0) is 21.8. The number of hydrogen-bond acceptors (Lipinski definition) is 3. The largest absolute Gasteiger partial charge is 0.492 e. The van der Waals surface area contributed by atoms with Crippen LogP contribution in [0.25, 0.3) is 11.0 Å². The van der Waals surface area contributed by atoms with Crippen molar-refractivity contribution in [2.75, 3.05) is 6.61 Å². The molecular weight excluding hydrogens is 410 g/mol. The molecule has 0 radical (unpaired) electrons. The number of aryl methyl sites for hydroxylation is 2. The van der Waals surface area contributed by atoms with E-state index in [0.29, 0.717) is 30.3 Å². The van der Waals surface area contributed by atoms with E-state index in [1.54, 1.807) is 24.3 Å². The number of rotatable bonds is 7. The minimum atomic E-state index is -0.165. The van der Waals surface area contributed by atoms with Crippen molar-refractivity contribution in [3.05, 3.63) is 94.3 Å². The molecule has 6 heteroatoms. The lowest BCUT2D eigenvalue weighted by atomic mass is 10.1. The van der Waals surface area contributed by atoms with Crippen molar-refractivity contribution in [1.82, 2.24) is 14.9 Å². The van der Waals surface area contributed by atoms with Crippen LogP contribution >= 0.6 is 11.6 Å². The maximum atomic E-state index is 12.5. The molecule has 0 bridgehead atoms. The normalized spacial score (nSPS) is 10.9. The molecule has 3 aromatic carbocycles. The van der Waals surface area contributed by atoms with E-state index in [1.807, 2.05) is 30.3 Å². The molecule has 1 heterocycles. The molecule has 1 aromatic heterocycles. The van der Waals surface area contributed by atoms with Crippen molar-refractivity contribution in [3.63, 3.8) is 0 Å². The molecule has 0 saturated heterocycles. The van der Waals surface area contributed by atoms with Gasteiger partial charge in [0.1, 0.15) is 18.2 Å². The molecule has 0 aliphatic heterocycles. The number of aromatic nitrogens is 2. The van der Waals surface area contributed by atoms with Crippen LogP contribution in [0.1, 0.15) is 27.3 Å². The summed E-state index contributed by atoms with van der Waals surface area (Å²) in [4.78, 5) is 17.2. The van der Waals surface area contributed by atoms with Crippen molar-refractivity contribution >= 4 is 28.5 Å². The fourth-order valence-corrected chi connectivity index (χ4v) is 3.56. The Labute approximate surface area is 186 Å². The number of ether oxygens (including phenoxy) is 1. The van der Waals surface area contributed by atoms with Gasteiger partial charge >= 0.3 is 0 Å². The molecule has 4 rings (SSSR count). The number of carbonyl (C=O) groups is 1. The van der Waals surface area contributed by atoms with Crippen LogP contribution in [0.5, 0.6) is 5.75 Å². The fraction of sp³-hybridized carbons (Fsp3) is 0.200. The molecule has 1 N–H and O–H groups in total. The minimum absolute atomic E-state index is 0.165. The van der Waals surface area contributed by atoms with Gasteiger partial charge in [0.05, 0.1) is 24.1 Å². The van der Waals surface area contributed by atoms with Gasteiger partial charge in [-0.1, -0.05) is 29.8 Å². The van der Waals surface area contributed by atoms with E-state index >= 15 is 0 Å². The first kappa shape index (κ1) is 20.9. The van der Waals surface area contributed by atoms with E-state index < -0.39 is 0 Å². The van der Waals surface area contributed by atoms with Gasteiger partial charge in [-0.25, -0.2) is 4.98 Å². The average Bonchev–Trinajstić information content (AvgIpc) is 3.12. The molecule has 0 atom stereocenters. The lowest BCUT2D eigenvalue weighted by Crippen LogP contribution is -2.25. The number of amides is 1. The molecular formula is C25H24ClN3O2. The number of para-hydroxylation sites is 2. The summed E-state index contributed by atoms with van der Waals surface area (Å²) >= 11 is 5.91. The van der Waals surface area contributed by atoms with Gasteiger partial charge in [-0.2, -0.15) is 0 Å². The average molecular weight is 434 g/mol. The van der Waals surface area contributed by atoms with Gasteiger partial charge in [0.2, 0.25) is 0 Å². The molecule has 0 saturated carbocycles. The number of imidazole rings is 1. The van der Waals surface area contributed by atoms with Gasteiger partial charge in [-0.05, 0) is 73.5 Å². The smallest absolute Gasteiger partial charge is 0.251 e. The zero-order valence-electron chi connectivity index (χ0n) is 17.6. The molecule has 158 valence electrons. The molecule has 0 fully saturated rings. The minimum Gasteiger partial charge on any atom is -0.492 e. The SMILES string of the molecule is Cc1ccc(OCCn2c(CNC(=O)c3ccc(Cl)cc3)nc3ccccc32)cc1C. The van der Waals surface area contributed by atoms with Crippen LogP contribution in [-0.2, 0) is 13.1 Å². The number of nitrogens with zero attached hydrogens (tertiary/aromatic N) is 2. The van der Waals surface area contributed by atoms with E-state index in [-0.39, 0.29) is 5.91 Å². The number of hydrogen-bond donors (Lipinski definition) is 1. The van der Waals surface area contributed by atoms with Crippen LogP contribution < -0.4 is 10.1 Å². The monoisotopic (exact) mass is 433 g/mol. The zero-order valence-corrected chi connectivity index (χ0v) is 18.3. The number of nitrogens with one attached hydrogen (secondary N) is 1. The highest BCUT2D eigenvalue weighted by atomic mass is 35.5. The van der Waals surface area contributed by atoms with Crippen LogP contribution in [-0.4, -0.2) is 22.1 Å². The number of halogens is 1. The van der Waals surface area contributed by atoms with Crippen molar-refractivity contribution in [2.45, 2.75) is 26.9 Å². The summed E-state index contributed by atoms with van der Waals surface area (Å²) in [6.45, 7) is 5.61. The first-order valence-electron chi connectivity index (χ1n) is 10.2. The van der Waals surface area contributed by atoms with Gasteiger partial charge in [-0.3, -0.25) is 4.79 Å². The second kappa shape index (κ2) is 9.23. The second-order valence-electron chi connectivity index (χ2n) is 7.45. The van der Waals surface area contributed by atoms with E-state index in [4.69, 9.17) is 21.3 Å². The Hall–Kier alpha value is -3.31. The lowest BCUT2D eigenvalue weighted by Gasteiger charge is -2.12. The van der Waals surface area contributed by atoms with Gasteiger partial charge < -0.3 is 14.6 Å². The standard InChI is InChI=1S/C25H24ClN3O2/c1-17-7-12-21(15-18(17)2)31-14-13-29-23-6-4-3-5-22(23)28-24(29)16-27-25(30)19-8-10-20(26)11-9-19/h3-12,15H,13-14,16H2,1-2H3,(H,27,30). The number of carbonyl (C=O) groups excluding carboxylic acids is 1. The van der Waals surface area contributed by atoms with Gasteiger partial charge in [-0.15, -0.1) is 0 Å². The van der Waals surface area contributed by atoms with Crippen LogP contribution in [0, 0.1) is 13.8 Å². The third kappa shape index (κ3) is 4.89. The Kier molecular flexibility index (Phi) is 6.23. The Morgan fingerprint density at radius 2 is 1.81 bits per heavy atom. The third-order valence-electron chi connectivity index (χ3n) is 5.31. The van der Waals surface area contributed by atoms with Crippen molar-refractivity contribution in [2.24, 2.45) is 0 Å². The maximum absolute atomic E-state index is 12.5. The van der Waals surface area contributed by atoms with Crippen molar-refractivity contribution in [1.29, 1.82) is 0 Å². The highest BCUT2D eigenvalue weighted by Gasteiger charge is 2.13. The Balaban J connectivity index is 1.48. The lowest BCUT2D eigenvalue weighted by molar-refractivity contribution is 0.0949. The summed E-state index contributed by atoms with van der Waals surface area (Å²) in [5.41, 5.74) is 4.92. The topological polar surface area (TPSA) is 56.1 Å².